The molecule has 2 aromatic carbocycles. The molecule has 3 aromatic rings. The van der Waals surface area contributed by atoms with E-state index >= 15 is 0 Å². The number of ether oxygens (including phenoxy) is 1. The van der Waals surface area contributed by atoms with E-state index in [0.717, 1.165) is 28.4 Å². The number of hydrogen-bond acceptors (Lipinski definition) is 4. The molecule has 0 unspecified atom stereocenters. The monoisotopic (exact) mass is 305 g/mol. The molecule has 1 heterocycles. The van der Waals surface area contributed by atoms with Crippen LogP contribution in [0.15, 0.2) is 66.7 Å². The van der Waals surface area contributed by atoms with Crippen molar-refractivity contribution in [2.75, 3.05) is 5.32 Å². The van der Waals surface area contributed by atoms with Crippen LogP contribution in [0.2, 0.25) is 0 Å². The summed E-state index contributed by atoms with van der Waals surface area (Å²) in [6.07, 6.45) is 0. The Labute approximate surface area is 135 Å². The smallest absolute Gasteiger partial charge is 0.219 e. The molecule has 0 saturated heterocycles. The van der Waals surface area contributed by atoms with E-state index in [-0.39, 0.29) is 0 Å². The predicted octanol–water partition coefficient (Wildman–Crippen LogP) is 4.38. The first-order valence-electron chi connectivity index (χ1n) is 7.50. The molecule has 0 fully saturated rings. The Morgan fingerprint density at radius 3 is 2.52 bits per heavy atom. The summed E-state index contributed by atoms with van der Waals surface area (Å²) in [5, 5.41) is 3.34. The number of aromatic nitrogens is 1. The predicted molar refractivity (Wildman–Crippen MR) is 93.1 cm³/mol. The molecule has 116 valence electrons. The zero-order chi connectivity index (χ0) is 16.1. The maximum Gasteiger partial charge on any atom is 0.219 e. The molecular formula is C19H19N3O. The van der Waals surface area contributed by atoms with E-state index in [1.807, 2.05) is 73.7 Å². The number of rotatable bonds is 5. The summed E-state index contributed by atoms with van der Waals surface area (Å²) in [5.41, 5.74) is 9.58. The van der Waals surface area contributed by atoms with Crippen molar-refractivity contribution in [2.24, 2.45) is 5.73 Å². The second kappa shape index (κ2) is 6.94. The Hall–Kier alpha value is -2.85. The lowest BCUT2D eigenvalue weighted by Gasteiger charge is -2.10. The van der Waals surface area contributed by atoms with Crippen molar-refractivity contribution in [1.29, 1.82) is 0 Å². The summed E-state index contributed by atoms with van der Waals surface area (Å²) < 4.78 is 5.87. The second-order valence-corrected chi connectivity index (χ2v) is 5.28. The third-order valence-electron chi connectivity index (χ3n) is 3.34. The van der Waals surface area contributed by atoms with Gasteiger partial charge >= 0.3 is 0 Å². The molecular weight excluding hydrogens is 286 g/mol. The first-order chi connectivity index (χ1) is 11.2. The molecule has 0 bridgehead atoms. The van der Waals surface area contributed by atoms with Gasteiger partial charge in [0.2, 0.25) is 5.88 Å². The van der Waals surface area contributed by atoms with Gasteiger partial charge in [-0.2, -0.15) is 0 Å². The van der Waals surface area contributed by atoms with Crippen LogP contribution in [0.1, 0.15) is 11.3 Å². The average molecular weight is 305 g/mol. The second-order valence-electron chi connectivity index (χ2n) is 5.28. The highest BCUT2D eigenvalue weighted by Gasteiger charge is 2.03. The van der Waals surface area contributed by atoms with Crippen LogP contribution in [0.4, 0.5) is 11.4 Å². The number of nitrogens with two attached hydrogens (primary N) is 1. The molecule has 23 heavy (non-hydrogen) atoms. The molecule has 4 heteroatoms. The van der Waals surface area contributed by atoms with Crippen LogP contribution in [0.3, 0.4) is 0 Å². The van der Waals surface area contributed by atoms with Gasteiger partial charge in [-0.25, -0.2) is 4.98 Å². The summed E-state index contributed by atoms with van der Waals surface area (Å²) in [5.74, 6) is 1.29. The van der Waals surface area contributed by atoms with E-state index in [4.69, 9.17) is 10.5 Å². The number of hydrogen-bond donors (Lipinski definition) is 2. The molecule has 0 atom stereocenters. The lowest BCUT2D eigenvalue weighted by atomic mass is 10.2. The maximum atomic E-state index is 5.87. The molecule has 1 aromatic heterocycles. The standard InChI is InChI=1S/C19H19N3O/c1-14-10-15(13-20)11-19(21-14)23-18-9-5-8-17(12-18)22-16-6-3-2-4-7-16/h2-12,22H,13,20H2,1H3. The van der Waals surface area contributed by atoms with Crippen molar-refractivity contribution in [3.05, 3.63) is 78.0 Å². The summed E-state index contributed by atoms with van der Waals surface area (Å²) in [6.45, 7) is 2.40. The van der Waals surface area contributed by atoms with Gasteiger partial charge in [-0.15, -0.1) is 0 Å². The summed E-state index contributed by atoms with van der Waals surface area (Å²) >= 11 is 0. The van der Waals surface area contributed by atoms with Gasteiger partial charge in [-0.3, -0.25) is 0 Å². The number of nitrogens with zero attached hydrogens (tertiary/aromatic N) is 1. The Morgan fingerprint density at radius 2 is 1.74 bits per heavy atom. The number of aryl methyl sites for hydroxylation is 1. The Balaban J connectivity index is 1.79. The maximum absolute atomic E-state index is 5.87. The molecule has 0 amide bonds. The van der Waals surface area contributed by atoms with Gasteiger partial charge in [0.25, 0.3) is 0 Å². The quantitative estimate of drug-likeness (QED) is 0.734. The van der Waals surface area contributed by atoms with E-state index in [1.54, 1.807) is 0 Å². The molecule has 4 nitrogen and oxygen atoms in total. The third kappa shape index (κ3) is 4.08. The Morgan fingerprint density at radius 1 is 0.957 bits per heavy atom. The van der Waals surface area contributed by atoms with E-state index < -0.39 is 0 Å². The van der Waals surface area contributed by atoms with E-state index in [2.05, 4.69) is 10.3 Å². The van der Waals surface area contributed by atoms with Crippen molar-refractivity contribution in [3.63, 3.8) is 0 Å². The lowest BCUT2D eigenvalue weighted by Crippen LogP contribution is -1.99. The van der Waals surface area contributed by atoms with Crippen molar-refractivity contribution in [2.45, 2.75) is 13.5 Å². The summed E-state index contributed by atoms with van der Waals surface area (Å²) in [6, 6.07) is 21.6. The fourth-order valence-corrected chi connectivity index (χ4v) is 2.32. The largest absolute Gasteiger partial charge is 0.439 e. The molecule has 3 rings (SSSR count). The molecule has 0 saturated carbocycles. The van der Waals surface area contributed by atoms with Gasteiger partial charge in [-0.1, -0.05) is 24.3 Å². The SMILES string of the molecule is Cc1cc(CN)cc(Oc2cccc(Nc3ccccc3)c2)n1. The first kappa shape index (κ1) is 15.1. The number of benzene rings is 2. The zero-order valence-corrected chi connectivity index (χ0v) is 13.0. The fourth-order valence-electron chi connectivity index (χ4n) is 2.32. The highest BCUT2D eigenvalue weighted by atomic mass is 16.5. The van der Waals surface area contributed by atoms with Crippen LogP contribution in [0, 0.1) is 6.92 Å². The number of nitrogens with one attached hydrogen (secondary N) is 1. The van der Waals surface area contributed by atoms with Gasteiger partial charge in [-0.05, 0) is 42.8 Å². The molecule has 3 N–H and O–H groups in total. The molecule has 0 radical (unpaired) electrons. The van der Waals surface area contributed by atoms with Crippen LogP contribution >= 0.6 is 0 Å². The van der Waals surface area contributed by atoms with E-state index in [0.29, 0.717) is 12.4 Å². The van der Waals surface area contributed by atoms with Gasteiger partial charge in [0.15, 0.2) is 0 Å². The number of para-hydroxylation sites is 1. The third-order valence-corrected chi connectivity index (χ3v) is 3.34. The summed E-state index contributed by atoms with van der Waals surface area (Å²) in [4.78, 5) is 4.39. The van der Waals surface area contributed by atoms with Crippen molar-refractivity contribution in [1.82, 2.24) is 4.98 Å². The molecule has 0 aliphatic rings. The fraction of sp³-hybridized carbons (Fsp3) is 0.105. The highest BCUT2D eigenvalue weighted by molar-refractivity contribution is 5.61. The molecule has 0 aliphatic carbocycles. The summed E-state index contributed by atoms with van der Waals surface area (Å²) in [7, 11) is 0. The molecule has 0 spiro atoms. The lowest BCUT2D eigenvalue weighted by molar-refractivity contribution is 0.461. The van der Waals surface area contributed by atoms with Crippen molar-refractivity contribution >= 4 is 11.4 Å². The van der Waals surface area contributed by atoms with Crippen LogP contribution in [0.25, 0.3) is 0 Å². The van der Waals surface area contributed by atoms with Gasteiger partial charge in [0, 0.05) is 35.7 Å². The topological polar surface area (TPSA) is 60.2 Å². The first-order valence-corrected chi connectivity index (χ1v) is 7.50. The van der Waals surface area contributed by atoms with Crippen molar-refractivity contribution < 1.29 is 4.74 Å². The van der Waals surface area contributed by atoms with Crippen molar-refractivity contribution in [3.8, 4) is 11.6 Å². The minimum Gasteiger partial charge on any atom is -0.439 e. The van der Waals surface area contributed by atoms with Gasteiger partial charge in [0.1, 0.15) is 5.75 Å². The van der Waals surface area contributed by atoms with E-state index in [9.17, 15) is 0 Å². The van der Waals surface area contributed by atoms with Crippen LogP contribution in [0.5, 0.6) is 11.6 Å². The number of anilines is 2. The Bertz CT molecular complexity index is 788. The molecule has 0 aliphatic heterocycles. The van der Waals surface area contributed by atoms with Crippen LogP contribution in [-0.4, -0.2) is 4.98 Å². The normalized spacial score (nSPS) is 10.3. The van der Waals surface area contributed by atoms with Crippen LogP contribution < -0.4 is 15.8 Å². The van der Waals surface area contributed by atoms with E-state index in [1.165, 1.54) is 0 Å². The minimum absolute atomic E-state index is 0.468. The zero-order valence-electron chi connectivity index (χ0n) is 13.0. The average Bonchev–Trinajstić information content (AvgIpc) is 2.55. The minimum atomic E-state index is 0.468. The van der Waals surface area contributed by atoms with Gasteiger partial charge < -0.3 is 15.8 Å². The Kier molecular flexibility index (Phi) is 4.54. The van der Waals surface area contributed by atoms with Gasteiger partial charge in [0.05, 0.1) is 0 Å². The van der Waals surface area contributed by atoms with Crippen LogP contribution in [-0.2, 0) is 6.54 Å². The number of pyridine rings is 1. The highest BCUT2D eigenvalue weighted by Crippen LogP contribution is 2.25.